The summed E-state index contributed by atoms with van der Waals surface area (Å²) in [6.45, 7) is 1.80. The number of hydrazone groups is 1. The van der Waals surface area contributed by atoms with E-state index in [0.717, 1.165) is 5.56 Å². The van der Waals surface area contributed by atoms with Crippen LogP contribution >= 0.6 is 35.0 Å². The Morgan fingerprint density at radius 3 is 2.62 bits per heavy atom. The molecule has 1 atom stereocenters. The molecule has 1 aliphatic rings. The fourth-order valence-corrected chi connectivity index (χ4v) is 4.13. The third-order valence-electron chi connectivity index (χ3n) is 4.11. The SMILES string of the molecule is CC1=NN(C(=O)CSCc2ccccc2Cl)[C@@](O)(c2ccc(Cl)cc2)C1. The van der Waals surface area contributed by atoms with E-state index in [-0.39, 0.29) is 18.1 Å². The predicted molar refractivity (Wildman–Crippen MR) is 108 cm³/mol. The Balaban J connectivity index is 1.70. The average Bonchev–Trinajstić information content (AvgIpc) is 2.93. The van der Waals surface area contributed by atoms with E-state index in [4.69, 9.17) is 23.2 Å². The Bertz CT molecular complexity index is 842. The lowest BCUT2D eigenvalue weighted by Crippen LogP contribution is -2.44. The summed E-state index contributed by atoms with van der Waals surface area (Å²) in [5.41, 5.74) is 0.788. The van der Waals surface area contributed by atoms with Gasteiger partial charge in [0.2, 0.25) is 0 Å². The first-order valence-corrected chi connectivity index (χ1v) is 9.98. The Morgan fingerprint density at radius 1 is 1.23 bits per heavy atom. The van der Waals surface area contributed by atoms with Gasteiger partial charge in [0, 0.05) is 33.5 Å². The minimum absolute atomic E-state index is 0.192. The molecule has 0 saturated heterocycles. The summed E-state index contributed by atoms with van der Waals surface area (Å²) >= 11 is 13.5. The molecule has 1 aliphatic heterocycles. The molecule has 2 aromatic rings. The van der Waals surface area contributed by atoms with Crippen LogP contribution in [0.1, 0.15) is 24.5 Å². The van der Waals surface area contributed by atoms with Crippen molar-refractivity contribution in [3.05, 3.63) is 69.7 Å². The Morgan fingerprint density at radius 2 is 1.92 bits per heavy atom. The molecule has 1 N–H and O–H groups in total. The minimum atomic E-state index is -1.48. The average molecular weight is 409 g/mol. The highest BCUT2D eigenvalue weighted by atomic mass is 35.5. The number of carbonyl (C=O) groups excluding carboxylic acids is 1. The van der Waals surface area contributed by atoms with E-state index < -0.39 is 5.72 Å². The molecule has 136 valence electrons. The molecule has 4 nitrogen and oxygen atoms in total. The molecule has 0 fully saturated rings. The maximum atomic E-state index is 12.7. The first-order chi connectivity index (χ1) is 12.4. The second-order valence-electron chi connectivity index (χ2n) is 6.13. The zero-order chi connectivity index (χ0) is 18.7. The van der Waals surface area contributed by atoms with Crippen molar-refractivity contribution in [3.63, 3.8) is 0 Å². The Hall–Kier alpha value is -1.53. The van der Waals surface area contributed by atoms with Crippen LogP contribution in [-0.4, -0.2) is 27.5 Å². The van der Waals surface area contributed by atoms with Crippen molar-refractivity contribution in [2.45, 2.75) is 24.8 Å². The minimum Gasteiger partial charge on any atom is -0.365 e. The van der Waals surface area contributed by atoms with Gasteiger partial charge < -0.3 is 5.11 Å². The smallest absolute Gasteiger partial charge is 0.255 e. The molecular formula is C19H18Cl2N2O2S. The van der Waals surface area contributed by atoms with Gasteiger partial charge in [-0.3, -0.25) is 4.79 Å². The normalized spacial score (nSPS) is 19.5. The van der Waals surface area contributed by atoms with E-state index in [1.54, 1.807) is 31.2 Å². The lowest BCUT2D eigenvalue weighted by molar-refractivity contribution is -0.154. The number of amides is 1. The summed E-state index contributed by atoms with van der Waals surface area (Å²) in [6.07, 6.45) is 0.273. The van der Waals surface area contributed by atoms with Crippen LogP contribution in [0.4, 0.5) is 0 Å². The number of hydrogen-bond acceptors (Lipinski definition) is 4. The van der Waals surface area contributed by atoms with Gasteiger partial charge in [-0.2, -0.15) is 10.1 Å². The van der Waals surface area contributed by atoms with Gasteiger partial charge in [-0.15, -0.1) is 11.8 Å². The second kappa shape index (κ2) is 8.01. The number of aliphatic hydroxyl groups is 1. The zero-order valence-corrected chi connectivity index (χ0v) is 16.5. The molecule has 1 heterocycles. The van der Waals surface area contributed by atoms with Crippen LogP contribution in [0.15, 0.2) is 53.6 Å². The topological polar surface area (TPSA) is 52.9 Å². The maximum Gasteiger partial charge on any atom is 0.255 e. The highest BCUT2D eigenvalue weighted by molar-refractivity contribution is 7.99. The molecule has 0 radical (unpaired) electrons. The third kappa shape index (κ3) is 4.07. The monoisotopic (exact) mass is 408 g/mol. The largest absolute Gasteiger partial charge is 0.365 e. The predicted octanol–water partition coefficient (Wildman–Crippen LogP) is 4.68. The molecule has 1 amide bonds. The van der Waals surface area contributed by atoms with Gasteiger partial charge in [0.1, 0.15) is 0 Å². The van der Waals surface area contributed by atoms with E-state index in [2.05, 4.69) is 5.10 Å². The summed E-state index contributed by atoms with van der Waals surface area (Å²) in [4.78, 5) is 12.7. The molecule has 7 heteroatoms. The van der Waals surface area contributed by atoms with Gasteiger partial charge in [0.25, 0.3) is 5.91 Å². The van der Waals surface area contributed by atoms with Gasteiger partial charge in [-0.25, -0.2) is 0 Å². The van der Waals surface area contributed by atoms with Crippen molar-refractivity contribution in [1.82, 2.24) is 5.01 Å². The quantitative estimate of drug-likeness (QED) is 0.780. The van der Waals surface area contributed by atoms with E-state index >= 15 is 0 Å². The second-order valence-corrected chi connectivity index (χ2v) is 7.95. The molecule has 0 unspecified atom stereocenters. The molecule has 0 aliphatic carbocycles. The van der Waals surface area contributed by atoms with Gasteiger partial charge in [0.05, 0.1) is 5.75 Å². The van der Waals surface area contributed by atoms with Gasteiger partial charge in [0.15, 0.2) is 5.72 Å². The molecule has 0 bridgehead atoms. The number of carbonyl (C=O) groups is 1. The van der Waals surface area contributed by atoms with Gasteiger partial charge >= 0.3 is 0 Å². The standard InChI is InChI=1S/C19H18Cl2N2O2S/c1-13-10-19(25,15-6-8-16(20)9-7-15)23(22-13)18(24)12-26-11-14-4-2-3-5-17(14)21/h2-9,25H,10-12H2,1H3/t19-/m0/s1. The first kappa shape index (κ1) is 19.2. The van der Waals surface area contributed by atoms with Crippen LogP contribution in [0.2, 0.25) is 10.0 Å². The molecule has 2 aromatic carbocycles. The fourth-order valence-electron chi connectivity index (χ4n) is 2.85. The number of hydrogen-bond donors (Lipinski definition) is 1. The third-order valence-corrected chi connectivity index (χ3v) is 5.69. The van der Waals surface area contributed by atoms with Crippen molar-refractivity contribution < 1.29 is 9.90 Å². The Labute approximate surface area is 166 Å². The maximum absolute atomic E-state index is 12.7. The van der Waals surface area contributed by atoms with Crippen LogP contribution in [0.25, 0.3) is 0 Å². The lowest BCUT2D eigenvalue weighted by atomic mass is 9.98. The van der Waals surface area contributed by atoms with Gasteiger partial charge in [-0.1, -0.05) is 53.5 Å². The number of rotatable bonds is 5. The lowest BCUT2D eigenvalue weighted by Gasteiger charge is -2.31. The van der Waals surface area contributed by atoms with E-state index in [9.17, 15) is 9.90 Å². The molecule has 26 heavy (non-hydrogen) atoms. The highest BCUT2D eigenvalue weighted by Gasteiger charge is 2.44. The van der Waals surface area contributed by atoms with Crippen molar-refractivity contribution >= 4 is 46.6 Å². The van der Waals surface area contributed by atoms with Gasteiger partial charge in [-0.05, 0) is 30.7 Å². The van der Waals surface area contributed by atoms with Crippen molar-refractivity contribution in [2.75, 3.05) is 5.75 Å². The summed E-state index contributed by atoms with van der Waals surface area (Å²) in [5, 5.41) is 17.8. The van der Waals surface area contributed by atoms with E-state index in [1.165, 1.54) is 16.8 Å². The van der Waals surface area contributed by atoms with E-state index in [1.807, 2.05) is 24.3 Å². The van der Waals surface area contributed by atoms with Crippen LogP contribution in [-0.2, 0) is 16.3 Å². The highest BCUT2D eigenvalue weighted by Crippen LogP contribution is 2.36. The van der Waals surface area contributed by atoms with Crippen molar-refractivity contribution in [3.8, 4) is 0 Å². The summed E-state index contributed by atoms with van der Waals surface area (Å²) < 4.78 is 0. The molecule has 0 saturated carbocycles. The van der Waals surface area contributed by atoms with Crippen LogP contribution in [0.5, 0.6) is 0 Å². The number of halogens is 2. The summed E-state index contributed by atoms with van der Waals surface area (Å²) in [7, 11) is 0. The Kier molecular flexibility index (Phi) is 5.92. The van der Waals surface area contributed by atoms with Crippen LogP contribution < -0.4 is 0 Å². The number of benzene rings is 2. The summed E-state index contributed by atoms with van der Waals surface area (Å²) in [5.74, 6) is 0.551. The summed E-state index contributed by atoms with van der Waals surface area (Å²) in [6, 6.07) is 14.4. The fraction of sp³-hybridized carbons (Fsp3) is 0.263. The molecule has 3 rings (SSSR count). The van der Waals surface area contributed by atoms with Crippen molar-refractivity contribution in [2.24, 2.45) is 5.10 Å². The number of nitrogens with zero attached hydrogens (tertiary/aromatic N) is 2. The van der Waals surface area contributed by atoms with Crippen LogP contribution in [0, 0.1) is 0 Å². The number of thioether (sulfide) groups is 1. The zero-order valence-electron chi connectivity index (χ0n) is 14.2. The van der Waals surface area contributed by atoms with Crippen LogP contribution in [0.3, 0.4) is 0 Å². The molecular weight excluding hydrogens is 391 g/mol. The first-order valence-electron chi connectivity index (χ1n) is 8.07. The van der Waals surface area contributed by atoms with E-state index in [0.29, 0.717) is 27.1 Å². The molecule has 0 aromatic heterocycles. The van der Waals surface area contributed by atoms with Crippen molar-refractivity contribution in [1.29, 1.82) is 0 Å². The molecule has 0 spiro atoms.